The number of phenols is 1. The molecule has 0 aliphatic carbocycles. The smallest absolute Gasteiger partial charge is 0.130 e. The Labute approximate surface area is 97.4 Å². The molecule has 4 heteroatoms. The van der Waals surface area contributed by atoms with Crippen LogP contribution in [-0.2, 0) is 5.88 Å². The molecule has 0 radical (unpaired) electrons. The molecule has 0 spiro atoms. The van der Waals surface area contributed by atoms with Crippen molar-refractivity contribution in [1.29, 1.82) is 0 Å². The highest BCUT2D eigenvalue weighted by Gasteiger charge is 2.04. The quantitative estimate of drug-likeness (QED) is 0.572. The third-order valence-electron chi connectivity index (χ3n) is 1.24. The molecule has 1 aromatic rings. The van der Waals surface area contributed by atoms with Gasteiger partial charge in [-0.1, -0.05) is 0 Å². The van der Waals surface area contributed by atoms with Crippen LogP contribution in [0.3, 0.4) is 0 Å². The summed E-state index contributed by atoms with van der Waals surface area (Å²) >= 11 is 9.89. The predicted molar refractivity (Wildman–Crippen MR) is 63.1 cm³/mol. The number of hydrogen-bond donors (Lipinski definition) is 1. The van der Waals surface area contributed by atoms with Gasteiger partial charge in [0.25, 0.3) is 0 Å². The number of aromatic hydroxyl groups is 1. The zero-order chi connectivity index (χ0) is 8.43. The first-order valence-electron chi connectivity index (χ1n) is 2.88. The minimum Gasteiger partial charge on any atom is -0.507 e. The molecule has 60 valence electrons. The summed E-state index contributed by atoms with van der Waals surface area (Å²) < 4.78 is 1.86. The summed E-state index contributed by atoms with van der Waals surface area (Å²) in [6.45, 7) is 0. The van der Waals surface area contributed by atoms with Crippen molar-refractivity contribution in [2.45, 2.75) is 5.88 Å². The number of phenolic OH excluding ortho intramolecular Hbond substituents is 1. The molecule has 0 heterocycles. The molecule has 1 rings (SSSR count). The van der Waals surface area contributed by atoms with Crippen LogP contribution in [-0.4, -0.2) is 5.11 Å². The summed E-state index contributed by atoms with van der Waals surface area (Å²) in [4.78, 5) is 0. The van der Waals surface area contributed by atoms with Crippen molar-refractivity contribution in [3.05, 3.63) is 24.8 Å². The van der Waals surface area contributed by atoms with Crippen LogP contribution in [0.25, 0.3) is 0 Å². The summed E-state index contributed by atoms with van der Waals surface area (Å²) in [5, 5.41) is 9.34. The molecule has 0 atom stereocenters. The van der Waals surface area contributed by atoms with E-state index in [0.717, 1.165) is 12.7 Å². The molecule has 1 aromatic carbocycles. The van der Waals surface area contributed by atoms with Crippen molar-refractivity contribution in [2.24, 2.45) is 0 Å². The Morgan fingerprint density at radius 3 is 2.55 bits per heavy atom. The highest BCUT2D eigenvalue weighted by Crippen LogP contribution is 2.27. The SMILES string of the molecule is Oc1cc(I)cc(CCl)c1I. The van der Waals surface area contributed by atoms with E-state index in [1.165, 1.54) is 0 Å². The maximum Gasteiger partial charge on any atom is 0.130 e. The van der Waals surface area contributed by atoms with Crippen molar-refractivity contribution in [1.82, 2.24) is 0 Å². The van der Waals surface area contributed by atoms with E-state index >= 15 is 0 Å². The van der Waals surface area contributed by atoms with Crippen molar-refractivity contribution in [3.63, 3.8) is 0 Å². The minimum atomic E-state index is 0.313. The molecule has 0 amide bonds. The zero-order valence-corrected chi connectivity index (χ0v) is 10.5. The summed E-state index contributed by atoms with van der Waals surface area (Å²) in [5.41, 5.74) is 0.983. The molecule has 0 aromatic heterocycles. The number of alkyl halides is 1. The van der Waals surface area contributed by atoms with Crippen LogP contribution in [0.4, 0.5) is 0 Å². The fourth-order valence-electron chi connectivity index (χ4n) is 0.727. The monoisotopic (exact) mass is 394 g/mol. The molecule has 0 unspecified atom stereocenters. The van der Waals surface area contributed by atoms with Gasteiger partial charge in [-0.2, -0.15) is 0 Å². The lowest BCUT2D eigenvalue weighted by Crippen LogP contribution is -1.86. The molecule has 1 N–H and O–H groups in total. The number of benzene rings is 1. The van der Waals surface area contributed by atoms with Crippen LogP contribution in [0, 0.1) is 7.14 Å². The molecule has 0 saturated heterocycles. The topological polar surface area (TPSA) is 20.2 Å². The van der Waals surface area contributed by atoms with Gasteiger partial charge in [-0.15, -0.1) is 11.6 Å². The lowest BCUT2D eigenvalue weighted by Gasteiger charge is -2.03. The van der Waals surface area contributed by atoms with E-state index in [1.807, 2.05) is 6.07 Å². The largest absolute Gasteiger partial charge is 0.507 e. The molecular weight excluding hydrogens is 389 g/mol. The first-order chi connectivity index (χ1) is 5.15. The standard InChI is InChI=1S/C7H5ClI2O/c8-3-4-1-5(9)2-6(11)7(4)10/h1-2,11H,3H2. The van der Waals surface area contributed by atoms with E-state index in [2.05, 4.69) is 45.2 Å². The average Bonchev–Trinajstić information content (AvgIpc) is 1.96. The Morgan fingerprint density at radius 2 is 2.00 bits per heavy atom. The molecule has 1 nitrogen and oxygen atoms in total. The Kier molecular flexibility index (Phi) is 3.70. The number of halogens is 3. The lowest BCUT2D eigenvalue weighted by molar-refractivity contribution is 0.470. The first kappa shape index (κ1) is 9.85. The van der Waals surface area contributed by atoms with Gasteiger partial charge < -0.3 is 5.11 Å². The van der Waals surface area contributed by atoms with Crippen LogP contribution in [0.5, 0.6) is 5.75 Å². The Morgan fingerprint density at radius 1 is 1.36 bits per heavy atom. The van der Waals surface area contributed by atoms with Crippen LogP contribution in [0.2, 0.25) is 0 Å². The number of rotatable bonds is 1. The summed E-state index contributed by atoms with van der Waals surface area (Å²) in [6, 6.07) is 3.69. The Balaban J connectivity index is 3.24. The van der Waals surface area contributed by atoms with E-state index in [0.29, 0.717) is 11.6 Å². The molecule has 0 fully saturated rings. The normalized spacial score (nSPS) is 10.1. The van der Waals surface area contributed by atoms with Crippen molar-refractivity contribution in [3.8, 4) is 5.75 Å². The summed E-state index contributed by atoms with van der Waals surface area (Å²) in [7, 11) is 0. The van der Waals surface area contributed by atoms with E-state index in [-0.39, 0.29) is 0 Å². The van der Waals surface area contributed by atoms with Gasteiger partial charge in [-0.05, 0) is 62.9 Å². The van der Waals surface area contributed by atoms with Gasteiger partial charge in [0.05, 0.1) is 3.57 Å². The second-order valence-electron chi connectivity index (χ2n) is 2.03. The maximum absolute atomic E-state index is 9.34. The fraction of sp³-hybridized carbons (Fsp3) is 0.143. The molecular formula is C7H5ClI2O. The highest BCUT2D eigenvalue weighted by atomic mass is 127. The van der Waals surface area contributed by atoms with Crippen LogP contribution in [0.15, 0.2) is 12.1 Å². The predicted octanol–water partition coefficient (Wildman–Crippen LogP) is 3.34. The van der Waals surface area contributed by atoms with Crippen molar-refractivity contribution < 1.29 is 5.11 Å². The van der Waals surface area contributed by atoms with Gasteiger partial charge in [0, 0.05) is 9.45 Å². The van der Waals surface area contributed by atoms with Crippen molar-refractivity contribution >= 4 is 56.8 Å². The van der Waals surface area contributed by atoms with Crippen LogP contribution >= 0.6 is 56.8 Å². The van der Waals surface area contributed by atoms with E-state index < -0.39 is 0 Å². The van der Waals surface area contributed by atoms with E-state index in [9.17, 15) is 5.11 Å². The highest BCUT2D eigenvalue weighted by molar-refractivity contribution is 14.1. The van der Waals surface area contributed by atoms with Gasteiger partial charge in [0.1, 0.15) is 5.75 Å². The molecule has 0 aliphatic heterocycles. The molecule has 0 aliphatic rings. The van der Waals surface area contributed by atoms with Gasteiger partial charge in [0.15, 0.2) is 0 Å². The van der Waals surface area contributed by atoms with Crippen LogP contribution < -0.4 is 0 Å². The van der Waals surface area contributed by atoms with E-state index in [1.54, 1.807) is 6.07 Å². The van der Waals surface area contributed by atoms with Gasteiger partial charge in [-0.25, -0.2) is 0 Å². The van der Waals surface area contributed by atoms with Crippen molar-refractivity contribution in [2.75, 3.05) is 0 Å². The maximum atomic E-state index is 9.34. The Hall–Kier alpha value is 0.770. The fourth-order valence-corrected chi connectivity index (χ4v) is 2.34. The summed E-state index contributed by atoms with van der Waals surface area (Å²) in [5.74, 6) is 0.760. The minimum absolute atomic E-state index is 0.313. The zero-order valence-electron chi connectivity index (χ0n) is 5.44. The van der Waals surface area contributed by atoms with Gasteiger partial charge in [-0.3, -0.25) is 0 Å². The number of hydrogen-bond acceptors (Lipinski definition) is 1. The Bertz CT molecular complexity index is 275. The summed E-state index contributed by atoms with van der Waals surface area (Å²) in [6.07, 6.45) is 0. The second-order valence-corrected chi connectivity index (χ2v) is 4.62. The van der Waals surface area contributed by atoms with Gasteiger partial charge in [0.2, 0.25) is 0 Å². The molecule has 11 heavy (non-hydrogen) atoms. The third kappa shape index (κ3) is 2.35. The average molecular weight is 394 g/mol. The van der Waals surface area contributed by atoms with Gasteiger partial charge >= 0.3 is 0 Å². The first-order valence-corrected chi connectivity index (χ1v) is 5.57. The molecule has 0 saturated carbocycles. The third-order valence-corrected chi connectivity index (χ3v) is 3.39. The van der Waals surface area contributed by atoms with E-state index in [4.69, 9.17) is 11.6 Å². The second kappa shape index (κ2) is 4.13. The van der Waals surface area contributed by atoms with Crippen LogP contribution in [0.1, 0.15) is 5.56 Å². The lowest BCUT2D eigenvalue weighted by atomic mass is 10.2. The molecule has 0 bridgehead atoms.